The molecule has 0 saturated heterocycles. The Morgan fingerprint density at radius 1 is 1.29 bits per heavy atom. The average molecular weight is 244 g/mol. The number of hydrogen-bond donors (Lipinski definition) is 2. The number of thiocarbonyl (C=S) groups is 1. The van der Waals surface area contributed by atoms with Gasteiger partial charge < -0.3 is 11.1 Å². The highest BCUT2D eigenvalue weighted by atomic mass is 32.1. The van der Waals surface area contributed by atoms with Crippen molar-refractivity contribution >= 4 is 28.6 Å². The van der Waals surface area contributed by atoms with E-state index in [1.165, 1.54) is 0 Å². The van der Waals surface area contributed by atoms with Crippen LogP contribution >= 0.6 is 12.2 Å². The number of rotatable bonds is 3. The molecule has 0 atom stereocenters. The van der Waals surface area contributed by atoms with Crippen LogP contribution in [0, 0.1) is 6.92 Å². The summed E-state index contributed by atoms with van der Waals surface area (Å²) in [7, 11) is 0. The van der Waals surface area contributed by atoms with Crippen LogP contribution in [-0.2, 0) is 0 Å². The molecule has 2 aromatic rings. The number of aryl methyl sites for hydroxylation is 1. The number of nitrogens with one attached hydrogen (secondary N) is 1. The van der Waals surface area contributed by atoms with Crippen molar-refractivity contribution in [2.24, 2.45) is 5.73 Å². The van der Waals surface area contributed by atoms with Gasteiger partial charge in [0.15, 0.2) is 0 Å². The molecule has 0 bridgehead atoms. The van der Waals surface area contributed by atoms with Crippen molar-refractivity contribution in [2.75, 3.05) is 5.32 Å². The third-order valence-electron chi connectivity index (χ3n) is 2.36. The molecular formula is C12H12N4S. The highest BCUT2D eigenvalue weighted by molar-refractivity contribution is 7.80. The van der Waals surface area contributed by atoms with Crippen LogP contribution < -0.4 is 11.1 Å². The molecule has 0 saturated carbocycles. The van der Waals surface area contributed by atoms with Crippen LogP contribution in [0.15, 0.2) is 36.8 Å². The Hall–Kier alpha value is -2.01. The van der Waals surface area contributed by atoms with E-state index in [1.54, 1.807) is 24.7 Å². The summed E-state index contributed by atoms with van der Waals surface area (Å²) in [5, 5.41) is 3.23. The molecule has 0 unspecified atom stereocenters. The fourth-order valence-corrected chi connectivity index (χ4v) is 1.65. The second-order valence-corrected chi connectivity index (χ2v) is 3.99. The first kappa shape index (κ1) is 11.5. The van der Waals surface area contributed by atoms with Gasteiger partial charge in [0.1, 0.15) is 4.99 Å². The number of nitrogens with two attached hydrogens (primary N) is 1. The van der Waals surface area contributed by atoms with Gasteiger partial charge in [-0.3, -0.25) is 9.97 Å². The van der Waals surface area contributed by atoms with Crippen molar-refractivity contribution in [3.8, 4) is 0 Å². The summed E-state index contributed by atoms with van der Waals surface area (Å²) in [6.07, 6.45) is 5.11. The topological polar surface area (TPSA) is 63.8 Å². The first-order valence-electron chi connectivity index (χ1n) is 5.11. The van der Waals surface area contributed by atoms with Crippen molar-refractivity contribution in [1.82, 2.24) is 9.97 Å². The van der Waals surface area contributed by atoms with Gasteiger partial charge in [0.2, 0.25) is 0 Å². The minimum absolute atomic E-state index is 0.344. The van der Waals surface area contributed by atoms with E-state index in [4.69, 9.17) is 18.0 Å². The molecule has 86 valence electrons. The fourth-order valence-electron chi connectivity index (χ4n) is 1.47. The molecule has 0 fully saturated rings. The molecule has 5 heteroatoms. The van der Waals surface area contributed by atoms with Crippen molar-refractivity contribution < 1.29 is 0 Å². The number of anilines is 2. The number of nitrogens with zero attached hydrogens (tertiary/aromatic N) is 2. The summed E-state index contributed by atoms with van der Waals surface area (Å²) >= 11 is 4.99. The zero-order valence-corrected chi connectivity index (χ0v) is 10.2. The van der Waals surface area contributed by atoms with Crippen LogP contribution in [0.4, 0.5) is 11.4 Å². The van der Waals surface area contributed by atoms with Crippen LogP contribution in [0.2, 0.25) is 0 Å². The highest BCUT2D eigenvalue weighted by Crippen LogP contribution is 2.21. The Bertz CT molecular complexity index is 554. The lowest BCUT2D eigenvalue weighted by molar-refractivity contribution is 1.20. The minimum Gasteiger partial charge on any atom is -0.389 e. The SMILES string of the molecule is Cc1ncccc1Nc1cnccc1C(N)=S. The van der Waals surface area contributed by atoms with E-state index < -0.39 is 0 Å². The van der Waals surface area contributed by atoms with Gasteiger partial charge in [0, 0.05) is 18.0 Å². The summed E-state index contributed by atoms with van der Waals surface area (Å²) < 4.78 is 0. The summed E-state index contributed by atoms with van der Waals surface area (Å²) in [5.41, 5.74) is 9.04. The third-order valence-corrected chi connectivity index (χ3v) is 2.58. The molecule has 0 spiro atoms. The zero-order valence-electron chi connectivity index (χ0n) is 9.34. The molecule has 2 aromatic heterocycles. The summed E-state index contributed by atoms with van der Waals surface area (Å²) in [6, 6.07) is 5.60. The fraction of sp³-hybridized carbons (Fsp3) is 0.0833. The van der Waals surface area contributed by atoms with Crippen molar-refractivity contribution in [3.05, 3.63) is 48.0 Å². The quantitative estimate of drug-likeness (QED) is 0.810. The number of aromatic nitrogens is 2. The van der Waals surface area contributed by atoms with Gasteiger partial charge in [-0.05, 0) is 25.1 Å². The third kappa shape index (κ3) is 2.57. The van der Waals surface area contributed by atoms with Crippen LogP contribution in [0.25, 0.3) is 0 Å². The Morgan fingerprint density at radius 3 is 2.82 bits per heavy atom. The Balaban J connectivity index is 2.37. The van der Waals surface area contributed by atoms with Gasteiger partial charge in [-0.1, -0.05) is 12.2 Å². The molecule has 4 nitrogen and oxygen atoms in total. The van der Waals surface area contributed by atoms with E-state index in [0.717, 1.165) is 22.6 Å². The van der Waals surface area contributed by atoms with Gasteiger partial charge >= 0.3 is 0 Å². The van der Waals surface area contributed by atoms with Crippen molar-refractivity contribution in [2.45, 2.75) is 6.92 Å². The minimum atomic E-state index is 0.344. The highest BCUT2D eigenvalue weighted by Gasteiger charge is 2.06. The summed E-state index contributed by atoms with van der Waals surface area (Å²) in [4.78, 5) is 8.60. The predicted molar refractivity (Wildman–Crippen MR) is 72.4 cm³/mol. The Morgan fingerprint density at radius 2 is 2.12 bits per heavy atom. The number of pyridine rings is 2. The lowest BCUT2D eigenvalue weighted by Crippen LogP contribution is -2.12. The monoisotopic (exact) mass is 244 g/mol. The van der Waals surface area contributed by atoms with Crippen molar-refractivity contribution in [3.63, 3.8) is 0 Å². The molecule has 0 aliphatic heterocycles. The van der Waals surface area contributed by atoms with Gasteiger partial charge in [0.05, 0.1) is 23.3 Å². The van der Waals surface area contributed by atoms with Crippen LogP contribution in [-0.4, -0.2) is 15.0 Å². The predicted octanol–water partition coefficient (Wildman–Crippen LogP) is 2.16. The van der Waals surface area contributed by atoms with E-state index in [-0.39, 0.29) is 0 Å². The van der Waals surface area contributed by atoms with Gasteiger partial charge in [-0.2, -0.15) is 0 Å². The standard InChI is InChI=1S/C12H12N4S/c1-8-10(3-2-5-15-8)16-11-7-14-6-4-9(11)12(13)17/h2-7,16H,1H3,(H2,13,17). The Labute approximate surface area is 105 Å². The average Bonchev–Trinajstić information content (AvgIpc) is 2.32. The maximum Gasteiger partial charge on any atom is 0.106 e. The molecule has 0 aliphatic rings. The largest absolute Gasteiger partial charge is 0.389 e. The normalized spacial score (nSPS) is 9.94. The second-order valence-electron chi connectivity index (χ2n) is 3.55. The smallest absolute Gasteiger partial charge is 0.106 e. The summed E-state index contributed by atoms with van der Waals surface area (Å²) in [5.74, 6) is 0. The lowest BCUT2D eigenvalue weighted by atomic mass is 10.2. The maximum atomic E-state index is 5.65. The molecule has 17 heavy (non-hydrogen) atoms. The van der Waals surface area contributed by atoms with Gasteiger partial charge in [-0.25, -0.2) is 0 Å². The van der Waals surface area contributed by atoms with Crippen LogP contribution in [0.3, 0.4) is 0 Å². The van der Waals surface area contributed by atoms with Crippen LogP contribution in [0.1, 0.15) is 11.3 Å². The molecular weight excluding hydrogens is 232 g/mol. The molecule has 2 rings (SSSR count). The molecule has 0 aromatic carbocycles. The molecule has 0 amide bonds. The van der Waals surface area contributed by atoms with E-state index >= 15 is 0 Å². The maximum absolute atomic E-state index is 5.65. The van der Waals surface area contributed by atoms with Crippen LogP contribution in [0.5, 0.6) is 0 Å². The second kappa shape index (κ2) is 4.88. The van der Waals surface area contributed by atoms with E-state index in [1.807, 2.05) is 19.1 Å². The lowest BCUT2D eigenvalue weighted by Gasteiger charge is -2.11. The molecule has 0 aliphatic carbocycles. The van der Waals surface area contributed by atoms with Crippen molar-refractivity contribution in [1.29, 1.82) is 0 Å². The Kier molecular flexibility index (Phi) is 3.30. The first-order chi connectivity index (χ1) is 8.18. The van der Waals surface area contributed by atoms with Gasteiger partial charge in [-0.15, -0.1) is 0 Å². The zero-order chi connectivity index (χ0) is 12.3. The van der Waals surface area contributed by atoms with E-state index in [2.05, 4.69) is 15.3 Å². The first-order valence-corrected chi connectivity index (χ1v) is 5.52. The molecule has 2 heterocycles. The van der Waals surface area contributed by atoms with Gasteiger partial charge in [0.25, 0.3) is 0 Å². The molecule has 0 radical (unpaired) electrons. The molecule has 3 N–H and O–H groups in total. The van der Waals surface area contributed by atoms with E-state index in [0.29, 0.717) is 4.99 Å². The summed E-state index contributed by atoms with van der Waals surface area (Å²) in [6.45, 7) is 1.93. The van der Waals surface area contributed by atoms with E-state index in [9.17, 15) is 0 Å². The number of hydrogen-bond acceptors (Lipinski definition) is 4.